The molecule has 0 N–H and O–H groups in total. The number of fused-ring (bicyclic) bond motifs is 1. The summed E-state index contributed by atoms with van der Waals surface area (Å²) in [4.78, 5) is 32.8. The minimum atomic E-state index is -0.447. The van der Waals surface area contributed by atoms with E-state index < -0.39 is 4.92 Å². The van der Waals surface area contributed by atoms with Crippen molar-refractivity contribution in [3.8, 4) is 0 Å². The van der Waals surface area contributed by atoms with E-state index in [0.717, 1.165) is 20.7 Å². The second kappa shape index (κ2) is 11.2. The Morgan fingerprint density at radius 3 is 2.52 bits per heavy atom. The number of rotatable bonds is 8. The van der Waals surface area contributed by atoms with E-state index in [9.17, 15) is 14.9 Å². The summed E-state index contributed by atoms with van der Waals surface area (Å²) in [7, 11) is 3.91. The number of anilines is 1. The smallest absolute Gasteiger partial charge is 0.269 e. The number of non-ortho nitro benzene ring substituents is 1. The second-order valence-electron chi connectivity index (χ2n) is 6.81. The number of nitrogens with zero attached hydrogens (tertiary/aromatic N) is 4. The van der Waals surface area contributed by atoms with Crippen LogP contribution in [0.25, 0.3) is 16.3 Å². The molecule has 0 bridgehead atoms. The molecule has 0 aliphatic rings. The first kappa shape index (κ1) is 24.8. The van der Waals surface area contributed by atoms with Gasteiger partial charge in [-0.3, -0.25) is 19.8 Å². The fraction of sp³-hybridized carbons (Fsp3) is 0.238. The molecule has 10 heteroatoms. The van der Waals surface area contributed by atoms with Crippen LogP contribution >= 0.6 is 35.5 Å². The molecule has 0 fully saturated rings. The molecule has 31 heavy (non-hydrogen) atoms. The average molecular weight is 479 g/mol. The molecule has 7 nitrogen and oxygen atoms in total. The van der Waals surface area contributed by atoms with Crippen LogP contribution in [0.5, 0.6) is 0 Å². The minimum absolute atomic E-state index is 0. The van der Waals surface area contributed by atoms with E-state index >= 15 is 0 Å². The highest BCUT2D eigenvalue weighted by Gasteiger charge is 2.18. The molecule has 2 aromatic carbocycles. The quantitative estimate of drug-likeness (QED) is 0.197. The third-order valence-electron chi connectivity index (χ3n) is 4.37. The number of nitro benzene ring substituents is 1. The predicted octanol–water partition coefficient (Wildman–Crippen LogP) is 4.96. The van der Waals surface area contributed by atoms with Gasteiger partial charge in [-0.15, -0.1) is 24.2 Å². The Labute approximate surface area is 195 Å². The largest absolute Gasteiger partial charge is 0.308 e. The molecule has 0 aliphatic carbocycles. The van der Waals surface area contributed by atoms with Crippen LogP contribution in [0.15, 0.2) is 53.4 Å². The summed E-state index contributed by atoms with van der Waals surface area (Å²) in [5.74, 6) is -0.181. The Morgan fingerprint density at radius 1 is 1.19 bits per heavy atom. The third-order valence-corrected chi connectivity index (χ3v) is 6.14. The number of aromatic nitrogens is 1. The van der Waals surface area contributed by atoms with Gasteiger partial charge >= 0.3 is 0 Å². The highest BCUT2D eigenvalue weighted by molar-refractivity contribution is 7.98. The van der Waals surface area contributed by atoms with E-state index in [-0.39, 0.29) is 24.0 Å². The normalized spacial score (nSPS) is 11.1. The van der Waals surface area contributed by atoms with E-state index in [1.165, 1.54) is 29.5 Å². The summed E-state index contributed by atoms with van der Waals surface area (Å²) in [6.07, 6.45) is 5.17. The topological polar surface area (TPSA) is 79.6 Å². The van der Waals surface area contributed by atoms with Gasteiger partial charge in [0.15, 0.2) is 5.13 Å². The second-order valence-corrected chi connectivity index (χ2v) is 8.69. The monoisotopic (exact) mass is 478 g/mol. The number of carbonyl (C=O) groups is 1. The van der Waals surface area contributed by atoms with Crippen LogP contribution in [-0.4, -0.2) is 54.2 Å². The zero-order valence-electron chi connectivity index (χ0n) is 17.3. The van der Waals surface area contributed by atoms with Crippen molar-refractivity contribution < 1.29 is 9.72 Å². The molecule has 0 saturated heterocycles. The van der Waals surface area contributed by atoms with Gasteiger partial charge in [-0.1, -0.05) is 11.3 Å². The molecule has 0 unspecified atom stereocenters. The lowest BCUT2D eigenvalue weighted by atomic mass is 10.2. The molecule has 3 aromatic rings. The Morgan fingerprint density at radius 2 is 1.90 bits per heavy atom. The maximum absolute atomic E-state index is 13.0. The van der Waals surface area contributed by atoms with Crippen molar-refractivity contribution in [3.63, 3.8) is 0 Å². The average Bonchev–Trinajstić information content (AvgIpc) is 3.15. The Bertz CT molecular complexity index is 1080. The first-order valence-electron chi connectivity index (χ1n) is 9.20. The van der Waals surface area contributed by atoms with Crippen LogP contribution in [0.2, 0.25) is 0 Å². The number of hydrogen-bond donors (Lipinski definition) is 0. The molecule has 3 rings (SSSR count). The van der Waals surface area contributed by atoms with Gasteiger partial charge in [0.1, 0.15) is 0 Å². The first-order chi connectivity index (χ1) is 14.4. The molecule has 1 amide bonds. The Kier molecular flexibility index (Phi) is 9.00. The number of halogens is 1. The highest BCUT2D eigenvalue weighted by Crippen LogP contribution is 2.31. The van der Waals surface area contributed by atoms with Gasteiger partial charge in [0.2, 0.25) is 0 Å². The lowest BCUT2D eigenvalue weighted by Gasteiger charge is -2.20. The predicted molar refractivity (Wildman–Crippen MR) is 132 cm³/mol. The minimum Gasteiger partial charge on any atom is -0.308 e. The van der Waals surface area contributed by atoms with Gasteiger partial charge in [0, 0.05) is 36.2 Å². The van der Waals surface area contributed by atoms with Gasteiger partial charge < -0.3 is 4.90 Å². The van der Waals surface area contributed by atoms with Crippen LogP contribution in [0, 0.1) is 10.1 Å². The fourth-order valence-electron chi connectivity index (χ4n) is 2.70. The lowest BCUT2D eigenvalue weighted by molar-refractivity contribution is -0.384. The summed E-state index contributed by atoms with van der Waals surface area (Å²) >= 11 is 3.16. The zero-order chi connectivity index (χ0) is 21.7. The van der Waals surface area contributed by atoms with Crippen LogP contribution in [0.1, 0.15) is 5.56 Å². The van der Waals surface area contributed by atoms with Gasteiger partial charge in [-0.05, 0) is 62.3 Å². The van der Waals surface area contributed by atoms with Crippen molar-refractivity contribution in [1.82, 2.24) is 9.88 Å². The van der Waals surface area contributed by atoms with E-state index in [2.05, 4.69) is 11.1 Å². The summed E-state index contributed by atoms with van der Waals surface area (Å²) < 4.78 is 1.04. The molecule has 0 saturated carbocycles. The Balaban J connectivity index is 0.00000341. The number of thiazole rings is 1. The SMILES string of the molecule is CSc1ccc2nc(N(CCN(C)C)C(=O)C=Cc3ccc([N+](=O)[O-])cc3)sc2c1.Cl. The molecular weight excluding hydrogens is 456 g/mol. The number of likely N-dealkylation sites (N-methyl/N-ethyl adjacent to an activating group) is 1. The summed E-state index contributed by atoms with van der Waals surface area (Å²) in [5, 5.41) is 11.4. The third kappa shape index (κ3) is 6.51. The van der Waals surface area contributed by atoms with Crippen molar-refractivity contribution in [2.24, 2.45) is 0 Å². The first-order valence-corrected chi connectivity index (χ1v) is 11.2. The molecule has 0 aliphatic heterocycles. The number of amides is 1. The molecule has 0 atom stereocenters. The van der Waals surface area contributed by atoms with E-state index in [0.29, 0.717) is 18.2 Å². The van der Waals surface area contributed by atoms with Crippen molar-refractivity contribution in [3.05, 3.63) is 64.2 Å². The van der Waals surface area contributed by atoms with Crippen molar-refractivity contribution in [2.75, 3.05) is 38.3 Å². The number of thioether (sulfide) groups is 1. The number of nitro groups is 1. The molecule has 0 radical (unpaired) electrons. The number of benzene rings is 2. The zero-order valence-corrected chi connectivity index (χ0v) is 19.8. The Hall–Kier alpha value is -2.46. The van der Waals surface area contributed by atoms with E-state index in [4.69, 9.17) is 0 Å². The lowest BCUT2D eigenvalue weighted by Crippen LogP contribution is -2.35. The standard InChI is InChI=1S/C21H22N4O3S2.ClH/c1-23(2)12-13-24(21-22-18-10-9-17(29-3)14-19(18)30-21)20(26)11-6-15-4-7-16(8-5-15)25(27)28;/h4-11,14H,12-13H2,1-3H3;1H. The van der Waals surface area contributed by atoms with Gasteiger partial charge in [0.25, 0.3) is 11.6 Å². The van der Waals surface area contributed by atoms with Gasteiger partial charge in [-0.2, -0.15) is 0 Å². The molecule has 1 heterocycles. The maximum atomic E-state index is 13.0. The van der Waals surface area contributed by atoms with Crippen LogP contribution < -0.4 is 4.90 Å². The molecule has 1 aromatic heterocycles. The summed E-state index contributed by atoms with van der Waals surface area (Å²) in [6, 6.07) is 12.2. The van der Waals surface area contributed by atoms with Crippen LogP contribution in [0.3, 0.4) is 0 Å². The number of hydrogen-bond acceptors (Lipinski definition) is 7. The summed E-state index contributed by atoms with van der Waals surface area (Å²) in [5.41, 5.74) is 1.61. The van der Waals surface area contributed by atoms with E-state index in [1.807, 2.05) is 37.4 Å². The van der Waals surface area contributed by atoms with Crippen molar-refractivity contribution in [2.45, 2.75) is 4.90 Å². The molecule has 164 valence electrons. The van der Waals surface area contributed by atoms with Gasteiger partial charge in [0.05, 0.1) is 15.1 Å². The van der Waals surface area contributed by atoms with Crippen molar-refractivity contribution >= 4 is 68.5 Å². The van der Waals surface area contributed by atoms with Crippen LogP contribution in [0.4, 0.5) is 10.8 Å². The summed E-state index contributed by atoms with van der Waals surface area (Å²) in [6.45, 7) is 1.20. The highest BCUT2D eigenvalue weighted by atomic mass is 35.5. The maximum Gasteiger partial charge on any atom is 0.269 e. The van der Waals surface area contributed by atoms with Gasteiger partial charge in [-0.25, -0.2) is 4.98 Å². The molecular formula is C21H23ClN4O3S2. The number of carbonyl (C=O) groups excluding carboxylic acids is 1. The van der Waals surface area contributed by atoms with Crippen molar-refractivity contribution in [1.29, 1.82) is 0 Å². The fourth-order valence-corrected chi connectivity index (χ4v) is 4.25. The molecule has 0 spiro atoms. The van der Waals surface area contributed by atoms with E-state index in [1.54, 1.807) is 34.9 Å². The van der Waals surface area contributed by atoms with Crippen LogP contribution in [-0.2, 0) is 4.79 Å².